The van der Waals surface area contributed by atoms with Gasteiger partial charge in [0.2, 0.25) is 0 Å². The summed E-state index contributed by atoms with van der Waals surface area (Å²) in [6, 6.07) is 16.5. The van der Waals surface area contributed by atoms with E-state index in [1.54, 1.807) is 12.1 Å². The lowest BCUT2D eigenvalue weighted by Gasteiger charge is -2.28. The average Bonchev–Trinajstić information content (AvgIpc) is 2.86. The Kier molecular flexibility index (Phi) is 10.6. The van der Waals surface area contributed by atoms with Crippen molar-refractivity contribution in [3.05, 3.63) is 76.6 Å². The Morgan fingerprint density at radius 1 is 0.727 bits per heavy atom. The topological polar surface area (TPSA) is 0 Å². The zero-order chi connectivity index (χ0) is 23.5. The average molecular weight is 453 g/mol. The van der Waals surface area contributed by atoms with E-state index in [9.17, 15) is 8.78 Å². The summed E-state index contributed by atoms with van der Waals surface area (Å²) < 4.78 is 28.5. The van der Waals surface area contributed by atoms with Crippen molar-refractivity contribution in [3.63, 3.8) is 0 Å². The minimum Gasteiger partial charge on any atom is -0.209 e. The number of hydrogen-bond donors (Lipinski definition) is 0. The van der Waals surface area contributed by atoms with Gasteiger partial charge in [0.05, 0.1) is 0 Å². The monoisotopic (exact) mass is 452 g/mol. The van der Waals surface area contributed by atoms with Crippen LogP contribution in [-0.2, 0) is 12.8 Å². The first kappa shape index (κ1) is 25.7. The van der Waals surface area contributed by atoms with E-state index in [-0.39, 0.29) is 6.42 Å². The largest absolute Gasteiger partial charge is 0.209 e. The highest BCUT2D eigenvalue weighted by Gasteiger charge is 2.21. The van der Waals surface area contributed by atoms with Gasteiger partial charge in [0.1, 0.15) is 5.83 Å². The van der Waals surface area contributed by atoms with Crippen LogP contribution in [0.1, 0.15) is 113 Å². The molecule has 0 unspecified atom stereocenters. The molecule has 0 nitrogen and oxygen atoms in total. The van der Waals surface area contributed by atoms with Crippen LogP contribution >= 0.6 is 0 Å². The molecule has 0 aliphatic heterocycles. The van der Waals surface area contributed by atoms with Crippen molar-refractivity contribution in [1.29, 1.82) is 0 Å². The molecule has 0 radical (unpaired) electrons. The molecule has 0 aromatic heterocycles. The third-order valence-electron chi connectivity index (χ3n) is 7.39. The van der Waals surface area contributed by atoms with Crippen molar-refractivity contribution >= 4 is 5.83 Å². The van der Waals surface area contributed by atoms with Gasteiger partial charge < -0.3 is 0 Å². The first-order chi connectivity index (χ1) is 16.1. The maximum atomic E-state index is 14.4. The van der Waals surface area contributed by atoms with Gasteiger partial charge >= 0.3 is 0 Å². The van der Waals surface area contributed by atoms with Crippen molar-refractivity contribution in [2.24, 2.45) is 5.92 Å². The summed E-state index contributed by atoms with van der Waals surface area (Å²) in [5.74, 6) is 0.369. The number of rotatable bonds is 12. The highest BCUT2D eigenvalue weighted by molar-refractivity contribution is 5.61. The van der Waals surface area contributed by atoms with E-state index in [4.69, 9.17) is 0 Å². The van der Waals surface area contributed by atoms with Gasteiger partial charge in [-0.05, 0) is 73.5 Å². The third kappa shape index (κ3) is 8.09. The maximum Gasteiger partial charge on any atom is 0.161 e. The van der Waals surface area contributed by atoms with E-state index in [0.717, 1.165) is 49.5 Å². The second-order valence-corrected chi connectivity index (χ2v) is 9.97. The SMILES string of the molecule is CCCCCC/C(F)=C(\F)c1ccc(CCc2ccc(C3CCC(CCC)CC3)cc2)cc1. The predicted octanol–water partition coefficient (Wildman–Crippen LogP) is 10.1. The van der Waals surface area contributed by atoms with Crippen molar-refractivity contribution in [3.8, 4) is 0 Å². The zero-order valence-corrected chi connectivity index (χ0v) is 20.7. The fourth-order valence-electron chi connectivity index (χ4n) is 5.23. The molecule has 1 aliphatic carbocycles. The van der Waals surface area contributed by atoms with Crippen molar-refractivity contribution in [2.45, 2.75) is 103 Å². The van der Waals surface area contributed by atoms with Gasteiger partial charge in [-0.15, -0.1) is 0 Å². The highest BCUT2D eigenvalue weighted by Crippen LogP contribution is 2.37. The molecule has 2 aromatic carbocycles. The summed E-state index contributed by atoms with van der Waals surface area (Å²) in [7, 11) is 0. The van der Waals surface area contributed by atoms with Gasteiger partial charge in [-0.2, -0.15) is 0 Å². The molecule has 0 spiro atoms. The molecule has 0 saturated heterocycles. The molecule has 33 heavy (non-hydrogen) atoms. The van der Waals surface area contributed by atoms with Gasteiger partial charge in [0, 0.05) is 12.0 Å². The van der Waals surface area contributed by atoms with Crippen molar-refractivity contribution in [1.82, 2.24) is 0 Å². The molecule has 0 amide bonds. The van der Waals surface area contributed by atoms with Crippen LogP contribution in [0.2, 0.25) is 0 Å². The lowest BCUT2D eigenvalue weighted by molar-refractivity contribution is 0.308. The lowest BCUT2D eigenvalue weighted by atomic mass is 9.77. The van der Waals surface area contributed by atoms with Gasteiger partial charge in [-0.25, -0.2) is 8.78 Å². The first-order valence-corrected chi connectivity index (χ1v) is 13.3. The summed E-state index contributed by atoms with van der Waals surface area (Å²) >= 11 is 0. The van der Waals surface area contributed by atoms with Crippen LogP contribution in [0.3, 0.4) is 0 Å². The van der Waals surface area contributed by atoms with E-state index in [0.29, 0.717) is 12.0 Å². The van der Waals surface area contributed by atoms with Gasteiger partial charge in [0.15, 0.2) is 5.83 Å². The van der Waals surface area contributed by atoms with E-state index < -0.39 is 11.7 Å². The summed E-state index contributed by atoms with van der Waals surface area (Å²) in [5.41, 5.74) is 4.35. The van der Waals surface area contributed by atoms with Crippen LogP contribution in [0, 0.1) is 5.92 Å². The van der Waals surface area contributed by atoms with Gasteiger partial charge in [0.25, 0.3) is 0 Å². The second-order valence-electron chi connectivity index (χ2n) is 9.97. The fourth-order valence-corrected chi connectivity index (χ4v) is 5.23. The fraction of sp³-hybridized carbons (Fsp3) is 0.548. The van der Waals surface area contributed by atoms with E-state index in [1.165, 1.54) is 49.7 Å². The lowest BCUT2D eigenvalue weighted by Crippen LogP contribution is -2.13. The number of hydrogen-bond acceptors (Lipinski definition) is 0. The molecule has 0 atom stereocenters. The zero-order valence-electron chi connectivity index (χ0n) is 20.7. The highest BCUT2D eigenvalue weighted by atomic mass is 19.2. The van der Waals surface area contributed by atoms with Crippen LogP contribution < -0.4 is 0 Å². The minimum absolute atomic E-state index is 0.198. The van der Waals surface area contributed by atoms with Crippen LogP contribution in [0.5, 0.6) is 0 Å². The molecular formula is C31H42F2. The third-order valence-corrected chi connectivity index (χ3v) is 7.39. The van der Waals surface area contributed by atoms with Crippen LogP contribution in [0.25, 0.3) is 5.83 Å². The summed E-state index contributed by atoms with van der Waals surface area (Å²) in [5, 5.41) is 0. The molecule has 2 heteroatoms. The van der Waals surface area contributed by atoms with Gasteiger partial charge in [-0.3, -0.25) is 0 Å². The molecule has 0 bridgehead atoms. The quantitative estimate of drug-likeness (QED) is 0.281. The van der Waals surface area contributed by atoms with Crippen molar-refractivity contribution < 1.29 is 8.78 Å². The first-order valence-electron chi connectivity index (χ1n) is 13.3. The van der Waals surface area contributed by atoms with Crippen LogP contribution in [0.4, 0.5) is 8.78 Å². The summed E-state index contributed by atoms with van der Waals surface area (Å²) in [4.78, 5) is 0. The molecule has 1 fully saturated rings. The smallest absolute Gasteiger partial charge is 0.161 e. The van der Waals surface area contributed by atoms with E-state index in [1.807, 2.05) is 12.1 Å². The molecule has 2 aromatic rings. The Labute approximate surface area is 200 Å². The molecule has 180 valence electrons. The Hall–Kier alpha value is -1.96. The predicted molar refractivity (Wildman–Crippen MR) is 138 cm³/mol. The number of aryl methyl sites for hydroxylation is 2. The van der Waals surface area contributed by atoms with E-state index in [2.05, 4.69) is 38.1 Å². The number of benzene rings is 2. The summed E-state index contributed by atoms with van der Waals surface area (Å²) in [6.07, 6.45) is 14.1. The molecule has 1 aliphatic rings. The molecule has 1 saturated carbocycles. The molecular weight excluding hydrogens is 410 g/mol. The van der Waals surface area contributed by atoms with E-state index >= 15 is 0 Å². The van der Waals surface area contributed by atoms with Crippen LogP contribution in [-0.4, -0.2) is 0 Å². The Balaban J connectivity index is 1.47. The van der Waals surface area contributed by atoms with Crippen LogP contribution in [0.15, 0.2) is 54.4 Å². The second kappa shape index (κ2) is 13.7. The summed E-state index contributed by atoms with van der Waals surface area (Å²) in [6.45, 7) is 4.41. The van der Waals surface area contributed by atoms with Crippen molar-refractivity contribution in [2.75, 3.05) is 0 Å². The number of unbranched alkanes of at least 4 members (excludes halogenated alkanes) is 3. The maximum absolute atomic E-state index is 14.4. The Morgan fingerprint density at radius 2 is 1.33 bits per heavy atom. The number of halogens is 2. The minimum atomic E-state index is -0.697. The molecule has 3 rings (SSSR count). The normalized spacial score (nSPS) is 19.4. The Bertz CT molecular complexity index is 839. The molecule has 0 N–H and O–H groups in total. The molecule has 0 heterocycles. The van der Waals surface area contributed by atoms with Gasteiger partial charge in [-0.1, -0.05) is 94.5 Å². The standard InChI is InChI=1S/C31H42F2/c1-3-5-6-7-9-30(32)31(33)29-22-16-26(17-23-29)11-10-25-14-20-28(21-15-25)27-18-12-24(8-4-2)13-19-27/h14-17,20-24,27H,3-13,18-19H2,1-2H3/b31-30+. The number of allylic oxidation sites excluding steroid dienone is 1. The Morgan fingerprint density at radius 3 is 1.91 bits per heavy atom.